The molecule has 2 amide bonds. The van der Waals surface area contributed by atoms with E-state index in [2.05, 4.69) is 5.32 Å². The number of benzene rings is 2. The van der Waals surface area contributed by atoms with Crippen LogP contribution in [-0.4, -0.2) is 48.8 Å². The highest BCUT2D eigenvalue weighted by molar-refractivity contribution is 8.00. The molecular formula is C21H22N2O4S. The Balaban J connectivity index is 1.43. The van der Waals surface area contributed by atoms with Crippen molar-refractivity contribution in [1.82, 2.24) is 4.90 Å². The Morgan fingerprint density at radius 1 is 1.00 bits per heavy atom. The van der Waals surface area contributed by atoms with E-state index in [-0.39, 0.29) is 11.8 Å². The molecule has 0 bridgehead atoms. The second-order valence-electron chi connectivity index (χ2n) is 6.69. The van der Waals surface area contributed by atoms with E-state index in [4.69, 9.17) is 9.47 Å². The van der Waals surface area contributed by atoms with E-state index in [9.17, 15) is 9.59 Å². The third kappa shape index (κ3) is 4.25. The Hall–Kier alpha value is -2.67. The van der Waals surface area contributed by atoms with Gasteiger partial charge >= 0.3 is 0 Å². The topological polar surface area (TPSA) is 67.9 Å². The fraction of sp³-hybridized carbons (Fsp3) is 0.333. The molecule has 0 spiro atoms. The summed E-state index contributed by atoms with van der Waals surface area (Å²) in [5.74, 6) is 1.57. The number of anilines is 1. The van der Waals surface area contributed by atoms with Gasteiger partial charge in [0.2, 0.25) is 5.91 Å². The summed E-state index contributed by atoms with van der Waals surface area (Å²) in [7, 11) is 0. The van der Waals surface area contributed by atoms with Gasteiger partial charge < -0.3 is 19.7 Å². The second-order valence-corrected chi connectivity index (χ2v) is 7.70. The molecule has 0 radical (unpaired) electrons. The van der Waals surface area contributed by atoms with Crippen molar-refractivity contribution in [2.24, 2.45) is 0 Å². The molecule has 0 atom stereocenters. The van der Waals surface area contributed by atoms with Gasteiger partial charge in [-0.3, -0.25) is 9.59 Å². The van der Waals surface area contributed by atoms with Gasteiger partial charge in [0, 0.05) is 29.7 Å². The van der Waals surface area contributed by atoms with Gasteiger partial charge in [-0.15, -0.1) is 11.8 Å². The zero-order valence-corrected chi connectivity index (χ0v) is 16.3. The van der Waals surface area contributed by atoms with Gasteiger partial charge in [-0.25, -0.2) is 0 Å². The zero-order chi connectivity index (χ0) is 19.3. The zero-order valence-electron chi connectivity index (χ0n) is 15.5. The van der Waals surface area contributed by atoms with E-state index in [1.807, 2.05) is 23.1 Å². The average molecular weight is 398 g/mol. The van der Waals surface area contributed by atoms with E-state index >= 15 is 0 Å². The largest absolute Gasteiger partial charge is 0.486 e. The highest BCUT2D eigenvalue weighted by atomic mass is 32.2. The maximum Gasteiger partial charge on any atom is 0.256 e. The predicted molar refractivity (Wildman–Crippen MR) is 108 cm³/mol. The summed E-state index contributed by atoms with van der Waals surface area (Å²) in [6.07, 6.45) is 2.15. The first-order chi connectivity index (χ1) is 13.7. The van der Waals surface area contributed by atoms with Crippen LogP contribution in [0.15, 0.2) is 47.4 Å². The standard InChI is InChI=1S/C21H22N2O4S/c24-20(23-9-3-4-10-23)14-28-19-6-2-1-5-16(19)21(25)22-15-7-8-17-18(13-15)27-12-11-26-17/h1-2,5-8,13H,3-4,9-12,14H2,(H,22,25). The molecule has 1 fully saturated rings. The minimum Gasteiger partial charge on any atom is -0.486 e. The maximum atomic E-state index is 12.8. The third-order valence-electron chi connectivity index (χ3n) is 4.74. The van der Waals surface area contributed by atoms with Crippen molar-refractivity contribution in [3.8, 4) is 11.5 Å². The summed E-state index contributed by atoms with van der Waals surface area (Å²) < 4.78 is 11.1. The molecule has 6 nitrogen and oxygen atoms in total. The summed E-state index contributed by atoms with van der Waals surface area (Å²) in [5, 5.41) is 2.91. The fourth-order valence-corrected chi connectivity index (χ4v) is 4.25. The van der Waals surface area contributed by atoms with Crippen molar-refractivity contribution in [1.29, 1.82) is 0 Å². The molecule has 0 saturated carbocycles. The van der Waals surface area contributed by atoms with Crippen molar-refractivity contribution in [2.75, 3.05) is 37.4 Å². The molecule has 0 aliphatic carbocycles. The van der Waals surface area contributed by atoms with E-state index in [0.717, 1.165) is 30.8 Å². The van der Waals surface area contributed by atoms with Crippen LogP contribution in [0.2, 0.25) is 0 Å². The molecule has 28 heavy (non-hydrogen) atoms. The van der Waals surface area contributed by atoms with Crippen LogP contribution in [0.1, 0.15) is 23.2 Å². The first-order valence-electron chi connectivity index (χ1n) is 9.41. The van der Waals surface area contributed by atoms with Crippen LogP contribution in [0.25, 0.3) is 0 Å². The highest BCUT2D eigenvalue weighted by Gasteiger charge is 2.20. The second kappa shape index (κ2) is 8.56. The van der Waals surface area contributed by atoms with Gasteiger partial charge in [-0.1, -0.05) is 12.1 Å². The van der Waals surface area contributed by atoms with Crippen molar-refractivity contribution < 1.29 is 19.1 Å². The molecule has 2 aliphatic rings. The first-order valence-corrected chi connectivity index (χ1v) is 10.4. The van der Waals surface area contributed by atoms with Crippen molar-refractivity contribution in [3.63, 3.8) is 0 Å². The Morgan fingerprint density at radius 2 is 1.75 bits per heavy atom. The molecule has 0 unspecified atom stereocenters. The number of likely N-dealkylation sites (tertiary alicyclic amines) is 1. The number of carbonyl (C=O) groups excluding carboxylic acids is 2. The van der Waals surface area contributed by atoms with Crippen LogP contribution in [0, 0.1) is 0 Å². The van der Waals surface area contributed by atoms with Crippen molar-refractivity contribution in [2.45, 2.75) is 17.7 Å². The summed E-state index contributed by atoms with van der Waals surface area (Å²) in [5.41, 5.74) is 1.19. The number of ether oxygens (including phenoxy) is 2. The molecular weight excluding hydrogens is 376 g/mol. The van der Waals surface area contributed by atoms with Crippen LogP contribution in [-0.2, 0) is 4.79 Å². The summed E-state index contributed by atoms with van der Waals surface area (Å²) in [4.78, 5) is 27.8. The molecule has 4 rings (SSSR count). The number of carbonyl (C=O) groups is 2. The molecule has 1 N–H and O–H groups in total. The Labute approximate surface area is 168 Å². The van der Waals surface area contributed by atoms with E-state index in [1.54, 1.807) is 24.3 Å². The Kier molecular flexibility index (Phi) is 5.71. The van der Waals surface area contributed by atoms with Crippen LogP contribution < -0.4 is 14.8 Å². The smallest absolute Gasteiger partial charge is 0.256 e. The minimum atomic E-state index is -0.214. The fourth-order valence-electron chi connectivity index (χ4n) is 3.30. The third-order valence-corrected chi connectivity index (χ3v) is 5.80. The van der Waals surface area contributed by atoms with Gasteiger partial charge in [-0.2, -0.15) is 0 Å². The molecule has 0 aromatic heterocycles. The summed E-state index contributed by atoms with van der Waals surface area (Å²) in [6.45, 7) is 2.70. The normalized spacial score (nSPS) is 15.4. The van der Waals surface area contributed by atoms with E-state index < -0.39 is 0 Å². The molecule has 146 valence electrons. The van der Waals surface area contributed by atoms with E-state index in [0.29, 0.717) is 41.7 Å². The Morgan fingerprint density at radius 3 is 2.57 bits per heavy atom. The predicted octanol–water partition coefficient (Wildman–Crippen LogP) is 3.42. The van der Waals surface area contributed by atoms with Crippen LogP contribution in [0.4, 0.5) is 5.69 Å². The average Bonchev–Trinajstić information content (AvgIpc) is 3.27. The molecule has 1 saturated heterocycles. The summed E-state index contributed by atoms with van der Waals surface area (Å²) >= 11 is 1.41. The Bertz CT molecular complexity index is 880. The lowest BCUT2D eigenvalue weighted by Crippen LogP contribution is -2.29. The van der Waals surface area contributed by atoms with Gasteiger partial charge in [0.1, 0.15) is 13.2 Å². The number of hydrogen-bond acceptors (Lipinski definition) is 5. The lowest BCUT2D eigenvalue weighted by molar-refractivity contribution is -0.127. The lowest BCUT2D eigenvalue weighted by atomic mass is 10.2. The van der Waals surface area contributed by atoms with Crippen LogP contribution in [0.3, 0.4) is 0 Å². The van der Waals surface area contributed by atoms with Gasteiger partial charge in [0.25, 0.3) is 5.91 Å². The molecule has 2 heterocycles. The number of fused-ring (bicyclic) bond motifs is 1. The van der Waals surface area contributed by atoms with Gasteiger partial charge in [0.15, 0.2) is 11.5 Å². The van der Waals surface area contributed by atoms with Crippen LogP contribution >= 0.6 is 11.8 Å². The minimum absolute atomic E-state index is 0.129. The lowest BCUT2D eigenvalue weighted by Gasteiger charge is -2.19. The number of amides is 2. The quantitative estimate of drug-likeness (QED) is 0.782. The molecule has 2 aliphatic heterocycles. The van der Waals surface area contributed by atoms with Crippen molar-refractivity contribution >= 4 is 29.3 Å². The molecule has 2 aromatic rings. The SMILES string of the molecule is O=C(Nc1ccc2c(c1)OCCO2)c1ccccc1SCC(=O)N1CCCC1. The monoisotopic (exact) mass is 398 g/mol. The van der Waals surface area contributed by atoms with Crippen LogP contribution in [0.5, 0.6) is 11.5 Å². The highest BCUT2D eigenvalue weighted by Crippen LogP contribution is 2.33. The van der Waals surface area contributed by atoms with Gasteiger partial charge in [-0.05, 0) is 37.1 Å². The number of nitrogens with one attached hydrogen (secondary N) is 1. The van der Waals surface area contributed by atoms with Crippen molar-refractivity contribution in [3.05, 3.63) is 48.0 Å². The number of rotatable bonds is 5. The number of thioether (sulfide) groups is 1. The molecule has 7 heteroatoms. The van der Waals surface area contributed by atoms with E-state index in [1.165, 1.54) is 11.8 Å². The van der Waals surface area contributed by atoms with Gasteiger partial charge in [0.05, 0.1) is 11.3 Å². The first kappa shape index (κ1) is 18.7. The number of nitrogens with zero attached hydrogens (tertiary/aromatic N) is 1. The summed E-state index contributed by atoms with van der Waals surface area (Å²) in [6, 6.07) is 12.7. The molecule has 2 aromatic carbocycles. The number of hydrogen-bond donors (Lipinski definition) is 1. The maximum absolute atomic E-state index is 12.8.